The first-order valence-electron chi connectivity index (χ1n) is 11.8. The number of hydrogen-bond acceptors (Lipinski definition) is 5. The Hall–Kier alpha value is -4.52. The van der Waals surface area contributed by atoms with Gasteiger partial charge in [0, 0.05) is 22.0 Å². The molecule has 0 saturated heterocycles. The second-order valence-corrected chi connectivity index (χ2v) is 9.68. The Labute approximate surface area is 223 Å². The van der Waals surface area contributed by atoms with Crippen molar-refractivity contribution < 1.29 is 41.4 Å². The van der Waals surface area contributed by atoms with Gasteiger partial charge in [-0.1, -0.05) is 0 Å². The van der Waals surface area contributed by atoms with Crippen molar-refractivity contribution >= 4 is 22.7 Å². The minimum absolute atomic E-state index is 0.0458. The minimum Gasteiger partial charge on any atom is -0.489 e. The summed E-state index contributed by atoms with van der Waals surface area (Å²) in [6.07, 6.45) is -5.37. The lowest BCUT2D eigenvalue weighted by Gasteiger charge is -2.31. The van der Waals surface area contributed by atoms with E-state index in [1.165, 1.54) is 31.2 Å². The fourth-order valence-corrected chi connectivity index (χ4v) is 4.46. The number of nitrogens with one attached hydrogen (secondary N) is 2. The number of H-pyrrole nitrogens is 1. The molecule has 1 aliphatic rings. The number of ether oxygens (including phenoxy) is 1. The van der Waals surface area contributed by atoms with Crippen molar-refractivity contribution in [3.63, 3.8) is 0 Å². The lowest BCUT2D eigenvalue weighted by atomic mass is 9.81. The molecular weight excluding hydrogens is 539 g/mol. The zero-order valence-corrected chi connectivity index (χ0v) is 20.7. The second-order valence-electron chi connectivity index (χ2n) is 9.68. The molecule has 3 heterocycles. The molecule has 0 radical (unpaired) electrons. The average Bonchev–Trinajstić information content (AvgIpc) is 3.48. The molecule has 0 bridgehead atoms. The molecule has 0 saturated carbocycles. The summed E-state index contributed by atoms with van der Waals surface area (Å²) in [4.78, 5) is 31.7. The normalized spacial score (nSPS) is 18.2. The molecule has 5 rings (SSSR count). The minimum atomic E-state index is -5.37. The number of amides is 2. The molecule has 8 nitrogen and oxygen atoms in total. The first kappa shape index (κ1) is 27.1. The van der Waals surface area contributed by atoms with Crippen LogP contribution >= 0.6 is 0 Å². The van der Waals surface area contributed by atoms with Gasteiger partial charge < -0.3 is 25.9 Å². The Morgan fingerprint density at radius 2 is 1.77 bits per heavy atom. The molecule has 1 aliphatic heterocycles. The van der Waals surface area contributed by atoms with Crippen LogP contribution in [-0.2, 0) is 15.8 Å². The number of rotatable bonds is 6. The number of halogens is 5. The maximum absolute atomic E-state index is 14.5. The molecule has 40 heavy (non-hydrogen) atoms. The van der Waals surface area contributed by atoms with E-state index >= 15 is 0 Å². The van der Waals surface area contributed by atoms with Crippen LogP contribution in [0.4, 0.5) is 22.0 Å². The van der Waals surface area contributed by atoms with E-state index in [1.807, 2.05) is 0 Å². The number of carbonyl (C=O) groups is 2. The SMILES string of the molecule is C[C@]1(C(N)=O)COc2c1cc(C(O)(CNC(=O)c1cc3ccc(F)cc3[nH]1)C(F)(F)F)nc2-c1ccc(F)cc1. The van der Waals surface area contributed by atoms with Crippen LogP contribution in [-0.4, -0.2) is 46.2 Å². The third-order valence-corrected chi connectivity index (χ3v) is 6.96. The molecule has 0 aliphatic carbocycles. The third-order valence-electron chi connectivity index (χ3n) is 6.96. The number of aromatic nitrogens is 2. The van der Waals surface area contributed by atoms with Crippen molar-refractivity contribution in [1.82, 2.24) is 15.3 Å². The first-order chi connectivity index (χ1) is 18.7. The number of hydrogen-bond donors (Lipinski definition) is 4. The summed E-state index contributed by atoms with van der Waals surface area (Å²) in [5, 5.41) is 13.6. The number of aliphatic hydroxyl groups is 1. The van der Waals surface area contributed by atoms with Crippen LogP contribution in [0, 0.1) is 11.6 Å². The van der Waals surface area contributed by atoms with Gasteiger partial charge >= 0.3 is 6.18 Å². The average molecular weight is 560 g/mol. The van der Waals surface area contributed by atoms with Gasteiger partial charge in [-0.2, -0.15) is 13.2 Å². The smallest absolute Gasteiger partial charge is 0.424 e. The molecule has 5 N–H and O–H groups in total. The van der Waals surface area contributed by atoms with Crippen molar-refractivity contribution in [2.45, 2.75) is 24.1 Å². The van der Waals surface area contributed by atoms with E-state index in [-0.39, 0.29) is 40.4 Å². The van der Waals surface area contributed by atoms with Crippen LogP contribution in [0.5, 0.6) is 5.75 Å². The largest absolute Gasteiger partial charge is 0.489 e. The molecule has 4 aromatic rings. The Balaban J connectivity index is 1.58. The monoisotopic (exact) mass is 560 g/mol. The van der Waals surface area contributed by atoms with Gasteiger partial charge in [0.25, 0.3) is 5.91 Å². The third kappa shape index (κ3) is 4.41. The van der Waals surface area contributed by atoms with Crippen molar-refractivity contribution in [2.75, 3.05) is 13.2 Å². The molecule has 2 atom stereocenters. The van der Waals surface area contributed by atoms with Crippen LogP contribution in [0.3, 0.4) is 0 Å². The van der Waals surface area contributed by atoms with Gasteiger partial charge in [-0.25, -0.2) is 13.8 Å². The quantitative estimate of drug-likeness (QED) is 0.267. The Morgan fingerprint density at radius 1 is 1.10 bits per heavy atom. The summed E-state index contributed by atoms with van der Waals surface area (Å²) in [5.74, 6) is -3.15. The summed E-state index contributed by atoms with van der Waals surface area (Å²) in [6.45, 7) is -0.312. The summed E-state index contributed by atoms with van der Waals surface area (Å²) in [7, 11) is 0. The van der Waals surface area contributed by atoms with Crippen molar-refractivity contribution in [2.24, 2.45) is 5.73 Å². The van der Waals surface area contributed by atoms with Gasteiger partial charge in [0.15, 0.2) is 0 Å². The van der Waals surface area contributed by atoms with Crippen molar-refractivity contribution in [1.29, 1.82) is 0 Å². The fourth-order valence-electron chi connectivity index (χ4n) is 4.46. The lowest BCUT2D eigenvalue weighted by Crippen LogP contribution is -2.52. The molecule has 1 unspecified atom stereocenters. The maximum atomic E-state index is 14.5. The van der Waals surface area contributed by atoms with Crippen LogP contribution in [0.1, 0.15) is 28.7 Å². The number of primary amides is 1. The zero-order chi connectivity index (χ0) is 29.0. The summed E-state index contributed by atoms with van der Waals surface area (Å²) in [5.41, 5.74) is -0.754. The topological polar surface area (TPSA) is 130 Å². The Morgan fingerprint density at radius 3 is 2.42 bits per heavy atom. The highest BCUT2D eigenvalue weighted by atomic mass is 19.4. The van der Waals surface area contributed by atoms with E-state index in [1.54, 1.807) is 0 Å². The number of aromatic amines is 1. The van der Waals surface area contributed by atoms with Crippen molar-refractivity contribution in [3.05, 3.63) is 83.2 Å². The highest BCUT2D eigenvalue weighted by Gasteiger charge is 2.57. The van der Waals surface area contributed by atoms with Crippen LogP contribution < -0.4 is 15.8 Å². The molecule has 13 heteroatoms. The number of nitrogens with two attached hydrogens (primary N) is 1. The van der Waals surface area contributed by atoms with E-state index in [0.717, 1.165) is 30.3 Å². The highest BCUT2D eigenvalue weighted by Crippen LogP contribution is 2.47. The van der Waals surface area contributed by atoms with E-state index in [2.05, 4.69) is 15.3 Å². The maximum Gasteiger partial charge on any atom is 0.424 e. The van der Waals surface area contributed by atoms with Crippen LogP contribution in [0.2, 0.25) is 0 Å². The lowest BCUT2D eigenvalue weighted by molar-refractivity contribution is -0.265. The van der Waals surface area contributed by atoms with Gasteiger partial charge in [0.05, 0.1) is 12.2 Å². The first-order valence-corrected chi connectivity index (χ1v) is 11.8. The van der Waals surface area contributed by atoms with Gasteiger partial charge in [-0.05, 0) is 61.5 Å². The van der Waals surface area contributed by atoms with Gasteiger partial charge in [-0.15, -0.1) is 0 Å². The molecule has 2 aromatic carbocycles. The number of pyridine rings is 1. The summed E-state index contributed by atoms with van der Waals surface area (Å²) in [6, 6.07) is 10.4. The van der Waals surface area contributed by atoms with E-state index in [9.17, 15) is 36.6 Å². The van der Waals surface area contributed by atoms with Crippen LogP contribution in [0.15, 0.2) is 54.6 Å². The summed E-state index contributed by atoms with van der Waals surface area (Å²) < 4.78 is 76.1. The number of nitrogens with zero attached hydrogens (tertiary/aromatic N) is 1. The fraction of sp³-hybridized carbons (Fsp3) is 0.222. The van der Waals surface area contributed by atoms with Gasteiger partial charge in [0.1, 0.15) is 40.8 Å². The number of carbonyl (C=O) groups excluding carboxylic acids is 2. The molecule has 2 aromatic heterocycles. The van der Waals surface area contributed by atoms with E-state index < -0.39 is 52.9 Å². The Bertz CT molecular complexity index is 1650. The number of fused-ring (bicyclic) bond motifs is 2. The van der Waals surface area contributed by atoms with Crippen LogP contribution in [0.25, 0.3) is 22.2 Å². The number of alkyl halides is 3. The standard InChI is InChI=1S/C27H21F5N4O4/c1-25(24(33)38)12-40-22-17(25)10-20(36-21(22)13-2-5-15(28)6-3-13)26(39,27(30,31)32)11-34-23(37)19-8-14-4-7-16(29)9-18(14)35-19/h2-10,35,39H,11-12H2,1H3,(H2,33,38)(H,34,37)/t25-,26?/m0/s1. The molecule has 0 spiro atoms. The molecule has 208 valence electrons. The van der Waals surface area contributed by atoms with E-state index in [4.69, 9.17) is 10.5 Å². The predicted octanol–water partition coefficient (Wildman–Crippen LogP) is 3.82. The molecule has 0 fully saturated rings. The van der Waals surface area contributed by atoms with Gasteiger partial charge in [-0.3, -0.25) is 9.59 Å². The molecular formula is C27H21F5N4O4. The van der Waals surface area contributed by atoms with E-state index in [0.29, 0.717) is 5.39 Å². The highest BCUT2D eigenvalue weighted by molar-refractivity contribution is 5.98. The Kier molecular flexibility index (Phi) is 6.29. The number of benzene rings is 2. The second kappa shape index (κ2) is 9.30. The van der Waals surface area contributed by atoms with Crippen molar-refractivity contribution in [3.8, 4) is 17.0 Å². The van der Waals surface area contributed by atoms with Gasteiger partial charge in [0.2, 0.25) is 11.5 Å². The molecule has 2 amide bonds. The predicted molar refractivity (Wildman–Crippen MR) is 132 cm³/mol. The summed E-state index contributed by atoms with van der Waals surface area (Å²) >= 11 is 0. The zero-order valence-electron chi connectivity index (χ0n) is 20.7.